The summed E-state index contributed by atoms with van der Waals surface area (Å²) in [6.07, 6.45) is 0.938. The minimum Gasteiger partial charge on any atom is -0.338 e. The van der Waals surface area contributed by atoms with Gasteiger partial charge in [0.2, 0.25) is 5.91 Å². The number of carbonyl (C=O) groups excluding carboxylic acids is 1. The molecule has 0 saturated carbocycles. The first-order valence-corrected chi connectivity index (χ1v) is 7.89. The fourth-order valence-electron chi connectivity index (χ4n) is 3.01. The van der Waals surface area contributed by atoms with Crippen LogP contribution in [0.2, 0.25) is 0 Å². The van der Waals surface area contributed by atoms with Crippen molar-refractivity contribution >= 4 is 11.6 Å². The number of nitro groups is 1. The Hall–Kier alpha value is -2.73. The summed E-state index contributed by atoms with van der Waals surface area (Å²) in [6, 6.07) is 14.0. The van der Waals surface area contributed by atoms with Gasteiger partial charge in [0.15, 0.2) is 0 Å². The van der Waals surface area contributed by atoms with Crippen molar-refractivity contribution in [2.75, 3.05) is 6.54 Å². The first-order valence-electron chi connectivity index (χ1n) is 7.89. The number of hydrogen-bond donors (Lipinski definition) is 1. The highest BCUT2D eigenvalue weighted by Crippen LogP contribution is 2.25. The van der Waals surface area contributed by atoms with Gasteiger partial charge in [-0.15, -0.1) is 0 Å². The molecule has 124 valence electrons. The number of nitro benzene ring substituents is 1. The maximum Gasteiger partial charge on any atom is 0.269 e. The summed E-state index contributed by atoms with van der Waals surface area (Å²) in [5.41, 5.74) is 9.02. The van der Waals surface area contributed by atoms with Crippen LogP contribution < -0.4 is 5.73 Å². The Kier molecular flexibility index (Phi) is 4.57. The number of nitrogens with zero attached hydrogens (tertiary/aromatic N) is 2. The van der Waals surface area contributed by atoms with Gasteiger partial charge >= 0.3 is 0 Å². The average Bonchev–Trinajstić information content (AvgIpc) is 2.61. The van der Waals surface area contributed by atoms with Crippen LogP contribution in [0, 0.1) is 10.1 Å². The zero-order valence-corrected chi connectivity index (χ0v) is 13.2. The third kappa shape index (κ3) is 3.44. The molecule has 1 aliphatic rings. The molecule has 0 spiro atoms. The van der Waals surface area contributed by atoms with E-state index in [0.717, 1.165) is 16.7 Å². The van der Waals surface area contributed by atoms with E-state index >= 15 is 0 Å². The number of non-ortho nitro benzene ring substituents is 1. The third-order valence-electron chi connectivity index (χ3n) is 4.39. The van der Waals surface area contributed by atoms with Crippen LogP contribution in [0.25, 0.3) is 0 Å². The first-order chi connectivity index (χ1) is 11.5. The fraction of sp³-hybridized carbons (Fsp3) is 0.278. The van der Waals surface area contributed by atoms with Crippen molar-refractivity contribution < 1.29 is 9.72 Å². The normalized spacial score (nSPS) is 14.8. The number of amides is 1. The van der Waals surface area contributed by atoms with Crippen LogP contribution in [0.1, 0.15) is 29.2 Å². The van der Waals surface area contributed by atoms with Crippen LogP contribution in [0.15, 0.2) is 48.5 Å². The fourth-order valence-corrected chi connectivity index (χ4v) is 3.01. The van der Waals surface area contributed by atoms with E-state index in [1.165, 1.54) is 6.07 Å². The lowest BCUT2D eigenvalue weighted by Crippen LogP contribution is -2.37. The van der Waals surface area contributed by atoms with Gasteiger partial charge < -0.3 is 10.6 Å². The molecule has 2 N–H and O–H groups in total. The second-order valence-corrected chi connectivity index (χ2v) is 6.00. The van der Waals surface area contributed by atoms with Crippen LogP contribution in [0.4, 0.5) is 5.69 Å². The molecule has 24 heavy (non-hydrogen) atoms. The molecule has 1 aliphatic heterocycles. The van der Waals surface area contributed by atoms with Crippen molar-refractivity contribution in [1.82, 2.24) is 4.90 Å². The van der Waals surface area contributed by atoms with E-state index in [-0.39, 0.29) is 24.1 Å². The van der Waals surface area contributed by atoms with E-state index in [2.05, 4.69) is 0 Å². The number of rotatable bonds is 4. The second kappa shape index (κ2) is 6.80. The molecule has 2 aromatic rings. The molecular formula is C18H19N3O3. The Bertz CT molecular complexity index is 761. The van der Waals surface area contributed by atoms with E-state index in [4.69, 9.17) is 5.73 Å². The van der Waals surface area contributed by atoms with E-state index in [9.17, 15) is 14.9 Å². The topological polar surface area (TPSA) is 89.5 Å². The van der Waals surface area contributed by atoms with Crippen LogP contribution in [-0.4, -0.2) is 22.3 Å². The Balaban J connectivity index is 1.69. The highest BCUT2D eigenvalue weighted by Gasteiger charge is 2.24. The molecule has 3 rings (SSSR count). The molecule has 0 unspecified atom stereocenters. The molecule has 0 radical (unpaired) electrons. The lowest BCUT2D eigenvalue weighted by Gasteiger charge is -2.29. The largest absolute Gasteiger partial charge is 0.338 e. The maximum atomic E-state index is 12.5. The lowest BCUT2D eigenvalue weighted by molar-refractivity contribution is -0.385. The molecule has 1 atom stereocenters. The highest BCUT2D eigenvalue weighted by atomic mass is 16.6. The Morgan fingerprint density at radius 2 is 1.96 bits per heavy atom. The van der Waals surface area contributed by atoms with E-state index in [1.807, 2.05) is 30.3 Å². The number of hydrogen-bond acceptors (Lipinski definition) is 4. The predicted octanol–water partition coefficient (Wildman–Crippen LogP) is 2.57. The molecule has 6 heteroatoms. The molecule has 0 saturated heterocycles. The van der Waals surface area contributed by atoms with Gasteiger partial charge in [0.05, 0.1) is 4.92 Å². The van der Waals surface area contributed by atoms with E-state index < -0.39 is 4.92 Å². The maximum absolute atomic E-state index is 12.5. The van der Waals surface area contributed by atoms with Crippen LogP contribution in [-0.2, 0) is 17.8 Å². The van der Waals surface area contributed by atoms with Gasteiger partial charge in [-0.1, -0.05) is 36.4 Å². The van der Waals surface area contributed by atoms with Crippen molar-refractivity contribution in [2.24, 2.45) is 5.73 Å². The van der Waals surface area contributed by atoms with E-state index in [0.29, 0.717) is 19.5 Å². The van der Waals surface area contributed by atoms with Crippen LogP contribution in [0.5, 0.6) is 0 Å². The molecule has 0 aliphatic carbocycles. The summed E-state index contributed by atoms with van der Waals surface area (Å²) in [4.78, 5) is 24.8. The zero-order valence-electron chi connectivity index (χ0n) is 13.2. The average molecular weight is 325 g/mol. The summed E-state index contributed by atoms with van der Waals surface area (Å²) in [7, 11) is 0. The minimum atomic E-state index is -0.410. The molecule has 1 heterocycles. The quantitative estimate of drug-likeness (QED) is 0.691. The van der Waals surface area contributed by atoms with E-state index in [1.54, 1.807) is 17.0 Å². The van der Waals surface area contributed by atoms with Crippen molar-refractivity contribution in [3.8, 4) is 0 Å². The number of benzene rings is 2. The van der Waals surface area contributed by atoms with Gasteiger partial charge in [0.25, 0.3) is 5.69 Å². The standard InChI is InChI=1S/C18H19N3O3/c19-17(14-4-2-1-3-5-14)11-18(22)20-9-8-13-6-7-16(21(23)24)10-15(13)12-20/h1-7,10,17H,8-9,11-12,19H2/t17-/m1/s1. The summed E-state index contributed by atoms with van der Waals surface area (Å²) >= 11 is 0. The second-order valence-electron chi connectivity index (χ2n) is 6.00. The Morgan fingerprint density at radius 1 is 1.21 bits per heavy atom. The van der Waals surface area contributed by atoms with Crippen molar-refractivity contribution in [2.45, 2.75) is 25.4 Å². The lowest BCUT2D eigenvalue weighted by atomic mass is 9.98. The predicted molar refractivity (Wildman–Crippen MR) is 90.2 cm³/mol. The summed E-state index contributed by atoms with van der Waals surface area (Å²) in [5, 5.41) is 10.9. The van der Waals surface area contributed by atoms with Gasteiger partial charge in [-0.05, 0) is 23.1 Å². The van der Waals surface area contributed by atoms with Gasteiger partial charge in [0.1, 0.15) is 0 Å². The molecule has 1 amide bonds. The molecule has 2 aromatic carbocycles. The van der Waals surface area contributed by atoms with Crippen molar-refractivity contribution in [1.29, 1.82) is 0 Å². The summed E-state index contributed by atoms with van der Waals surface area (Å²) in [6.45, 7) is 1.02. The van der Waals surface area contributed by atoms with Gasteiger partial charge in [-0.25, -0.2) is 0 Å². The van der Waals surface area contributed by atoms with Crippen LogP contribution in [0.3, 0.4) is 0 Å². The summed E-state index contributed by atoms with van der Waals surface area (Å²) in [5.74, 6) is -0.0245. The van der Waals surface area contributed by atoms with Crippen LogP contribution >= 0.6 is 0 Å². The van der Waals surface area contributed by atoms with Gasteiger partial charge in [0, 0.05) is 37.7 Å². The third-order valence-corrected chi connectivity index (χ3v) is 4.39. The first kappa shape index (κ1) is 16.1. The smallest absolute Gasteiger partial charge is 0.269 e. The van der Waals surface area contributed by atoms with Gasteiger partial charge in [-0.3, -0.25) is 14.9 Å². The Labute approximate surface area is 140 Å². The van der Waals surface area contributed by atoms with Crippen molar-refractivity contribution in [3.05, 3.63) is 75.3 Å². The molecule has 0 fully saturated rings. The van der Waals surface area contributed by atoms with Gasteiger partial charge in [-0.2, -0.15) is 0 Å². The monoisotopic (exact) mass is 325 g/mol. The number of carbonyl (C=O) groups is 1. The Morgan fingerprint density at radius 3 is 2.67 bits per heavy atom. The molecule has 0 aromatic heterocycles. The minimum absolute atomic E-state index is 0.0245. The molecule has 0 bridgehead atoms. The SMILES string of the molecule is N[C@H](CC(=O)N1CCc2ccc([N+](=O)[O-])cc2C1)c1ccccc1. The van der Waals surface area contributed by atoms with Crippen molar-refractivity contribution in [3.63, 3.8) is 0 Å². The molecule has 6 nitrogen and oxygen atoms in total. The summed E-state index contributed by atoms with van der Waals surface area (Å²) < 4.78 is 0. The zero-order chi connectivity index (χ0) is 17.1. The number of fused-ring (bicyclic) bond motifs is 1. The number of nitrogens with two attached hydrogens (primary N) is 1. The molecular weight excluding hydrogens is 306 g/mol. The highest BCUT2D eigenvalue weighted by molar-refractivity contribution is 5.77.